The molecule has 0 amide bonds. The van der Waals surface area contributed by atoms with Crippen LogP contribution >= 0.6 is 0 Å². The van der Waals surface area contributed by atoms with E-state index in [1.807, 2.05) is 0 Å². The molecule has 0 rings (SSSR count). The largest absolute Gasteiger partial charge is 0.397 e. The Balaban J connectivity index is 3.48. The minimum Gasteiger partial charge on any atom is -0.264 e. The summed E-state index contributed by atoms with van der Waals surface area (Å²) in [6.07, 6.45) is 0.690. The molecule has 6 heteroatoms. The van der Waals surface area contributed by atoms with Crippen molar-refractivity contribution in [3.05, 3.63) is 0 Å². The van der Waals surface area contributed by atoms with Crippen molar-refractivity contribution in [2.45, 2.75) is 32.1 Å². The van der Waals surface area contributed by atoms with E-state index in [-0.39, 0.29) is 6.61 Å². The van der Waals surface area contributed by atoms with E-state index in [1.165, 1.54) is 0 Å². The Morgan fingerprint density at radius 1 is 1.33 bits per heavy atom. The first-order valence-corrected chi connectivity index (χ1v) is 8.90. The smallest absolute Gasteiger partial charge is 0.264 e. The molecule has 0 aliphatic carbocycles. The fourth-order valence-corrected chi connectivity index (χ4v) is 2.30. The molecule has 0 saturated heterocycles. The molecule has 0 unspecified atom stereocenters. The maximum absolute atomic E-state index is 10.1. The van der Waals surface area contributed by atoms with Gasteiger partial charge >= 0.3 is 10.4 Å². The zero-order valence-electron chi connectivity index (χ0n) is 7.70. The average Bonchev–Trinajstić information content (AvgIpc) is 1.76. The third kappa shape index (κ3) is 10.1. The van der Waals surface area contributed by atoms with Crippen LogP contribution in [0.3, 0.4) is 0 Å². The van der Waals surface area contributed by atoms with Crippen LogP contribution in [0.5, 0.6) is 0 Å². The number of rotatable bonds is 5. The highest BCUT2D eigenvalue weighted by Crippen LogP contribution is 2.10. The SMILES string of the molecule is C[Si](C)(C)CCCOS(=O)(=O)O. The molecule has 74 valence electrons. The molecule has 0 fully saturated rings. The van der Waals surface area contributed by atoms with E-state index in [0.29, 0.717) is 6.42 Å². The predicted octanol–water partition coefficient (Wildman–Crippen LogP) is 1.53. The van der Waals surface area contributed by atoms with Crippen LogP contribution in [-0.4, -0.2) is 27.7 Å². The maximum Gasteiger partial charge on any atom is 0.397 e. The van der Waals surface area contributed by atoms with E-state index in [2.05, 4.69) is 23.8 Å². The van der Waals surface area contributed by atoms with Gasteiger partial charge in [0.25, 0.3) is 0 Å². The van der Waals surface area contributed by atoms with E-state index in [9.17, 15) is 8.42 Å². The van der Waals surface area contributed by atoms with Gasteiger partial charge in [0.2, 0.25) is 0 Å². The van der Waals surface area contributed by atoms with E-state index in [0.717, 1.165) is 6.04 Å². The summed E-state index contributed by atoms with van der Waals surface area (Å²) in [4.78, 5) is 0. The average molecular weight is 212 g/mol. The minimum atomic E-state index is -4.23. The van der Waals surface area contributed by atoms with E-state index < -0.39 is 18.5 Å². The van der Waals surface area contributed by atoms with Crippen LogP contribution in [0.25, 0.3) is 0 Å². The van der Waals surface area contributed by atoms with Gasteiger partial charge in [0.1, 0.15) is 0 Å². The van der Waals surface area contributed by atoms with E-state index in [1.54, 1.807) is 0 Å². The summed E-state index contributed by atoms with van der Waals surface area (Å²) in [6.45, 7) is 6.67. The van der Waals surface area contributed by atoms with Gasteiger partial charge in [-0.25, -0.2) is 4.18 Å². The van der Waals surface area contributed by atoms with Crippen LogP contribution < -0.4 is 0 Å². The molecule has 0 saturated carbocycles. The summed E-state index contributed by atoms with van der Waals surface area (Å²) in [5.41, 5.74) is 0. The second-order valence-corrected chi connectivity index (χ2v) is 10.6. The third-order valence-corrected chi connectivity index (χ3v) is 3.62. The normalized spacial score (nSPS) is 13.3. The highest BCUT2D eigenvalue weighted by molar-refractivity contribution is 7.80. The van der Waals surface area contributed by atoms with Gasteiger partial charge in [0.05, 0.1) is 6.61 Å². The molecule has 12 heavy (non-hydrogen) atoms. The maximum atomic E-state index is 10.1. The van der Waals surface area contributed by atoms with Crippen molar-refractivity contribution in [3.63, 3.8) is 0 Å². The molecule has 0 radical (unpaired) electrons. The molecule has 0 bridgehead atoms. The lowest BCUT2D eigenvalue weighted by Crippen LogP contribution is -2.20. The first-order valence-electron chi connectivity index (χ1n) is 3.82. The zero-order valence-corrected chi connectivity index (χ0v) is 9.52. The highest BCUT2D eigenvalue weighted by atomic mass is 32.3. The summed E-state index contributed by atoms with van der Waals surface area (Å²) >= 11 is 0. The molecule has 0 atom stereocenters. The summed E-state index contributed by atoms with van der Waals surface area (Å²) in [5.74, 6) is 0. The van der Waals surface area contributed by atoms with Crippen LogP contribution in [0.2, 0.25) is 25.7 Å². The number of hydrogen-bond donors (Lipinski definition) is 1. The Bertz CT molecular complexity index is 216. The molecule has 0 aliphatic heterocycles. The molecule has 0 spiro atoms. The van der Waals surface area contributed by atoms with Crippen LogP contribution in [0.1, 0.15) is 6.42 Å². The van der Waals surface area contributed by atoms with Gasteiger partial charge in [-0.3, -0.25) is 4.55 Å². The molecule has 0 aromatic rings. The quantitative estimate of drug-likeness (QED) is 0.426. The van der Waals surface area contributed by atoms with Gasteiger partial charge in [-0.2, -0.15) is 8.42 Å². The first kappa shape index (κ1) is 12.1. The molecule has 0 aliphatic rings. The van der Waals surface area contributed by atoms with E-state index in [4.69, 9.17) is 4.55 Å². The van der Waals surface area contributed by atoms with Gasteiger partial charge in [-0.15, -0.1) is 0 Å². The molecule has 4 nitrogen and oxygen atoms in total. The lowest BCUT2D eigenvalue weighted by atomic mass is 10.5. The third-order valence-electron chi connectivity index (χ3n) is 1.30. The van der Waals surface area contributed by atoms with Gasteiger partial charge in [-0.1, -0.05) is 25.7 Å². The van der Waals surface area contributed by atoms with Crippen molar-refractivity contribution in [2.24, 2.45) is 0 Å². The van der Waals surface area contributed by atoms with Crippen LogP contribution in [0.15, 0.2) is 0 Å². The van der Waals surface area contributed by atoms with Crippen molar-refractivity contribution in [1.82, 2.24) is 0 Å². The Morgan fingerprint density at radius 3 is 2.17 bits per heavy atom. The Hall–Kier alpha value is 0.0869. The molecular weight excluding hydrogens is 196 g/mol. The van der Waals surface area contributed by atoms with Gasteiger partial charge in [0, 0.05) is 8.07 Å². The van der Waals surface area contributed by atoms with Crippen LogP contribution in [0.4, 0.5) is 0 Å². The van der Waals surface area contributed by atoms with Crippen molar-refractivity contribution >= 4 is 18.5 Å². The lowest BCUT2D eigenvalue weighted by molar-refractivity contribution is 0.268. The van der Waals surface area contributed by atoms with E-state index >= 15 is 0 Å². The summed E-state index contributed by atoms with van der Waals surface area (Å²) in [6, 6.07) is 1.00. The predicted molar refractivity (Wildman–Crippen MR) is 50.3 cm³/mol. The molecular formula is C6H16O4SSi. The van der Waals surface area contributed by atoms with Crippen molar-refractivity contribution < 1.29 is 17.2 Å². The Morgan fingerprint density at radius 2 is 1.83 bits per heavy atom. The fourth-order valence-electron chi connectivity index (χ4n) is 0.767. The second kappa shape index (κ2) is 4.36. The molecule has 0 heterocycles. The monoisotopic (exact) mass is 212 g/mol. The van der Waals surface area contributed by atoms with Crippen molar-refractivity contribution in [2.75, 3.05) is 6.61 Å². The standard InChI is InChI=1S/C6H16O4SSi/c1-12(2,3)6-4-5-10-11(7,8)9/h4-6H2,1-3H3,(H,7,8,9). The summed E-state index contributed by atoms with van der Waals surface area (Å²) in [7, 11) is -5.34. The molecule has 1 N–H and O–H groups in total. The van der Waals surface area contributed by atoms with Gasteiger partial charge in [-0.05, 0) is 6.42 Å². The second-order valence-electron chi connectivity index (χ2n) is 3.91. The number of hydrogen-bond acceptors (Lipinski definition) is 3. The zero-order chi connectivity index (χ0) is 9.83. The molecule has 0 aromatic carbocycles. The fraction of sp³-hybridized carbons (Fsp3) is 1.00. The van der Waals surface area contributed by atoms with Gasteiger partial charge < -0.3 is 0 Å². The summed E-state index contributed by atoms with van der Waals surface area (Å²) in [5, 5.41) is 0. The minimum absolute atomic E-state index is 0.0864. The summed E-state index contributed by atoms with van der Waals surface area (Å²) < 4.78 is 32.6. The van der Waals surface area contributed by atoms with Crippen LogP contribution in [0, 0.1) is 0 Å². The molecule has 0 aromatic heterocycles. The first-order chi connectivity index (χ1) is 5.21. The Kier molecular flexibility index (Phi) is 4.39. The topological polar surface area (TPSA) is 63.6 Å². The van der Waals surface area contributed by atoms with Crippen LogP contribution in [-0.2, 0) is 14.6 Å². The Labute approximate surface area is 74.9 Å². The van der Waals surface area contributed by atoms with Crippen molar-refractivity contribution in [1.29, 1.82) is 0 Å². The van der Waals surface area contributed by atoms with Gasteiger partial charge in [0.15, 0.2) is 0 Å². The van der Waals surface area contributed by atoms with Crippen molar-refractivity contribution in [3.8, 4) is 0 Å². The lowest BCUT2D eigenvalue weighted by Gasteiger charge is -2.14. The highest BCUT2D eigenvalue weighted by Gasteiger charge is 2.12.